The van der Waals surface area contributed by atoms with E-state index >= 15 is 0 Å². The Kier molecular flexibility index (Phi) is 5.74. The highest BCUT2D eigenvalue weighted by Gasteiger charge is 2.39. The van der Waals surface area contributed by atoms with Gasteiger partial charge in [-0.15, -0.1) is 0 Å². The first-order valence-electron chi connectivity index (χ1n) is 8.32. The summed E-state index contributed by atoms with van der Waals surface area (Å²) in [5.74, 6) is -5.37. The van der Waals surface area contributed by atoms with E-state index < -0.39 is 34.1 Å². The Morgan fingerprint density at radius 1 is 0.714 bits per heavy atom. The van der Waals surface area contributed by atoms with Crippen LogP contribution < -0.4 is 0 Å². The van der Waals surface area contributed by atoms with Crippen LogP contribution in [0.15, 0.2) is 59.5 Å². The first kappa shape index (κ1) is 20.3. The van der Waals surface area contributed by atoms with E-state index in [0.29, 0.717) is 17.7 Å². The molecule has 0 aromatic heterocycles. The summed E-state index contributed by atoms with van der Waals surface area (Å²) >= 11 is -0.263. The van der Waals surface area contributed by atoms with Crippen molar-refractivity contribution < 1.29 is 26.3 Å². The fourth-order valence-electron chi connectivity index (χ4n) is 2.69. The van der Waals surface area contributed by atoms with E-state index in [4.69, 9.17) is 0 Å². The number of hydrogen-bond acceptors (Lipinski definition) is 1. The molecule has 0 fully saturated rings. The molecule has 3 rings (SSSR count). The van der Waals surface area contributed by atoms with Crippen LogP contribution in [0.5, 0.6) is 0 Å². The van der Waals surface area contributed by atoms with Crippen LogP contribution in [0.2, 0.25) is 0 Å². The minimum absolute atomic E-state index is 0.120. The van der Waals surface area contributed by atoms with Crippen molar-refractivity contribution in [1.29, 1.82) is 0 Å². The Morgan fingerprint density at radius 2 is 1.32 bits per heavy atom. The molecule has 7 heteroatoms. The second-order valence-corrected chi connectivity index (χ2v) is 7.25. The van der Waals surface area contributed by atoms with Crippen molar-refractivity contribution in [3.05, 3.63) is 89.0 Å². The van der Waals surface area contributed by atoms with Gasteiger partial charge in [0, 0.05) is 4.90 Å². The topological polar surface area (TPSA) is 0 Å². The molecule has 0 saturated carbocycles. The van der Waals surface area contributed by atoms with Gasteiger partial charge in [-0.25, -0.2) is 17.6 Å². The lowest BCUT2D eigenvalue weighted by Crippen LogP contribution is -2.14. The molecule has 0 nitrogen and oxygen atoms in total. The van der Waals surface area contributed by atoms with Crippen LogP contribution in [0.3, 0.4) is 0 Å². The second-order valence-electron chi connectivity index (χ2n) is 6.06. The third kappa shape index (κ3) is 4.19. The second kappa shape index (κ2) is 7.91. The van der Waals surface area contributed by atoms with Crippen LogP contribution >= 0.6 is 11.8 Å². The lowest BCUT2D eigenvalue weighted by molar-refractivity contribution is 0.0957. The van der Waals surface area contributed by atoms with Crippen molar-refractivity contribution in [2.24, 2.45) is 0 Å². The van der Waals surface area contributed by atoms with Gasteiger partial charge in [0.2, 0.25) is 0 Å². The number of aryl methyl sites for hydroxylation is 1. The van der Waals surface area contributed by atoms with Gasteiger partial charge >= 0.3 is 5.25 Å². The van der Waals surface area contributed by atoms with Gasteiger partial charge in [-0.3, -0.25) is 0 Å². The molecule has 0 heterocycles. The average Bonchev–Trinajstić information content (AvgIpc) is 2.63. The molecule has 0 amide bonds. The maximum absolute atomic E-state index is 14.5. The summed E-state index contributed by atoms with van der Waals surface area (Å²) in [4.78, 5) is -0.359. The summed E-state index contributed by atoms with van der Waals surface area (Å²) in [5.41, 5.74) is 0.195. The zero-order chi connectivity index (χ0) is 20.5. The smallest absolute Gasteiger partial charge is 0.206 e. The quantitative estimate of drug-likeness (QED) is 0.313. The maximum atomic E-state index is 14.5. The normalized spacial score (nSPS) is 11.7. The van der Waals surface area contributed by atoms with Gasteiger partial charge in [0.05, 0.1) is 0 Å². The van der Waals surface area contributed by atoms with Crippen molar-refractivity contribution in [2.75, 3.05) is 0 Å². The molecule has 0 aliphatic carbocycles. The number of thioether (sulfide) groups is 1. The molecule has 3 aromatic rings. The lowest BCUT2D eigenvalue weighted by atomic mass is 10.0. The predicted molar refractivity (Wildman–Crippen MR) is 97.3 cm³/mol. The minimum Gasteiger partial charge on any atom is -0.206 e. The van der Waals surface area contributed by atoms with Gasteiger partial charge in [0.25, 0.3) is 0 Å². The van der Waals surface area contributed by atoms with Gasteiger partial charge < -0.3 is 0 Å². The van der Waals surface area contributed by atoms with E-state index in [1.807, 2.05) is 6.92 Å². The Bertz CT molecular complexity index is 975. The largest absolute Gasteiger partial charge is 0.329 e. The van der Waals surface area contributed by atoms with E-state index in [-0.39, 0.29) is 22.2 Å². The minimum atomic E-state index is -4.02. The van der Waals surface area contributed by atoms with E-state index in [1.54, 1.807) is 24.3 Å². The Balaban J connectivity index is 1.95. The van der Waals surface area contributed by atoms with Crippen molar-refractivity contribution >= 4 is 11.8 Å². The predicted octanol–water partition coefficient (Wildman–Crippen LogP) is 7.31. The lowest BCUT2D eigenvalue weighted by Gasteiger charge is -2.18. The van der Waals surface area contributed by atoms with Crippen LogP contribution in [0.25, 0.3) is 11.1 Å². The number of hydrogen-bond donors (Lipinski definition) is 0. The molecule has 0 saturated heterocycles. The van der Waals surface area contributed by atoms with Gasteiger partial charge in [-0.1, -0.05) is 31.2 Å². The summed E-state index contributed by atoms with van der Waals surface area (Å²) in [6.45, 7) is 1.95. The molecular weight excluding hydrogens is 398 g/mol. The van der Waals surface area contributed by atoms with Crippen LogP contribution in [-0.2, 0) is 11.7 Å². The number of rotatable bonds is 5. The molecule has 0 radical (unpaired) electrons. The van der Waals surface area contributed by atoms with E-state index in [2.05, 4.69) is 0 Å². The molecule has 0 aliphatic heterocycles. The standard InChI is InChI=1S/C21H14F6S/c1-2-12-3-5-13(6-4-12)14-9-18(24)20(19(25)10-14)21(26,27)28-15-7-8-16(22)17(23)11-15/h3-11H,2H2,1H3. The van der Waals surface area contributed by atoms with Gasteiger partial charge in [-0.2, -0.15) is 8.78 Å². The Morgan fingerprint density at radius 3 is 1.86 bits per heavy atom. The van der Waals surface area contributed by atoms with Gasteiger partial charge in [0.15, 0.2) is 11.6 Å². The highest BCUT2D eigenvalue weighted by molar-refractivity contribution is 8.00. The van der Waals surface area contributed by atoms with Gasteiger partial charge in [0.1, 0.15) is 17.2 Å². The number of benzene rings is 3. The Hall–Kier alpha value is -2.41. The summed E-state index contributed by atoms with van der Waals surface area (Å²) in [6.07, 6.45) is 0.787. The highest BCUT2D eigenvalue weighted by Crippen LogP contribution is 2.47. The number of alkyl halides is 2. The van der Waals surface area contributed by atoms with E-state index in [1.165, 1.54) is 0 Å². The van der Waals surface area contributed by atoms with Crippen LogP contribution in [0.1, 0.15) is 18.1 Å². The molecular formula is C21H14F6S. The first-order valence-corrected chi connectivity index (χ1v) is 9.13. The molecule has 146 valence electrons. The zero-order valence-corrected chi connectivity index (χ0v) is 15.4. The molecule has 0 aliphatic rings. The summed E-state index contributed by atoms with van der Waals surface area (Å²) in [7, 11) is 0. The summed E-state index contributed by atoms with van der Waals surface area (Å²) in [6, 6.07) is 10.7. The van der Waals surface area contributed by atoms with Crippen LogP contribution in [0, 0.1) is 23.3 Å². The van der Waals surface area contributed by atoms with Crippen LogP contribution in [0.4, 0.5) is 26.3 Å². The van der Waals surface area contributed by atoms with Crippen molar-refractivity contribution in [3.8, 4) is 11.1 Å². The van der Waals surface area contributed by atoms with Crippen LogP contribution in [-0.4, -0.2) is 0 Å². The molecule has 3 aromatic carbocycles. The third-order valence-electron chi connectivity index (χ3n) is 4.17. The number of halogens is 6. The molecule has 0 spiro atoms. The van der Waals surface area contributed by atoms with E-state index in [9.17, 15) is 26.3 Å². The summed E-state index contributed by atoms with van der Waals surface area (Å²) in [5, 5.41) is -4.02. The monoisotopic (exact) mass is 412 g/mol. The first-order chi connectivity index (χ1) is 13.2. The SMILES string of the molecule is CCc1ccc(-c2cc(F)c(C(F)(F)Sc3ccc(F)c(F)c3)c(F)c2)cc1. The Labute approximate surface area is 162 Å². The fourth-order valence-corrected chi connectivity index (χ4v) is 3.58. The van der Waals surface area contributed by atoms with Crippen molar-refractivity contribution in [2.45, 2.75) is 23.5 Å². The fraction of sp³-hybridized carbons (Fsp3) is 0.143. The van der Waals surface area contributed by atoms with Gasteiger partial charge in [-0.05, 0) is 65.2 Å². The average molecular weight is 412 g/mol. The van der Waals surface area contributed by atoms with E-state index in [0.717, 1.165) is 30.2 Å². The third-order valence-corrected chi connectivity index (χ3v) is 5.12. The highest BCUT2D eigenvalue weighted by atomic mass is 32.2. The molecule has 0 atom stereocenters. The summed E-state index contributed by atoms with van der Waals surface area (Å²) < 4.78 is 84.0. The zero-order valence-electron chi connectivity index (χ0n) is 14.6. The molecule has 0 unspecified atom stereocenters. The van der Waals surface area contributed by atoms with Crippen molar-refractivity contribution in [3.63, 3.8) is 0 Å². The van der Waals surface area contributed by atoms with Crippen molar-refractivity contribution in [1.82, 2.24) is 0 Å². The molecule has 0 N–H and O–H groups in total. The molecule has 28 heavy (non-hydrogen) atoms. The maximum Gasteiger partial charge on any atom is 0.329 e. The molecule has 0 bridgehead atoms.